The minimum absolute atomic E-state index is 0.922. The molecule has 0 nitrogen and oxygen atoms in total. The van der Waals surface area contributed by atoms with Crippen LogP contribution in [0.3, 0.4) is 0 Å². The lowest BCUT2D eigenvalue weighted by molar-refractivity contribution is 0.858. The van der Waals surface area contributed by atoms with Gasteiger partial charge in [0.15, 0.2) is 0 Å². The summed E-state index contributed by atoms with van der Waals surface area (Å²) in [4.78, 5) is 0. The van der Waals surface area contributed by atoms with E-state index in [2.05, 4.69) is 47.9 Å². The van der Waals surface area contributed by atoms with Gasteiger partial charge in [-0.25, -0.2) is 0 Å². The lowest BCUT2D eigenvalue weighted by Crippen LogP contribution is -1.82. The van der Waals surface area contributed by atoms with Gasteiger partial charge in [0.25, 0.3) is 0 Å². The maximum Gasteiger partial charge on any atom is 0.0248 e. The molecule has 0 radical (unpaired) electrons. The van der Waals surface area contributed by atoms with Crippen LogP contribution in [0.2, 0.25) is 0 Å². The molecule has 102 valence electrons. The normalized spacial score (nSPS) is 9.52. The van der Waals surface area contributed by atoms with Gasteiger partial charge in [0.05, 0.1) is 0 Å². The van der Waals surface area contributed by atoms with Gasteiger partial charge in [0.1, 0.15) is 0 Å². The minimum atomic E-state index is 0.922. The monoisotopic (exact) mass is 270 g/mol. The Kier molecular flexibility index (Phi) is 6.47. The first-order valence-electron chi connectivity index (χ1n) is 7.19. The molecule has 0 atom stereocenters. The molecule has 0 amide bonds. The van der Waals surface area contributed by atoms with Crippen molar-refractivity contribution < 1.29 is 0 Å². The van der Waals surface area contributed by atoms with Crippen molar-refractivity contribution in [3.63, 3.8) is 0 Å². The molecule has 2 rings (SSSR count). The largest absolute Gasteiger partial charge is 0.0985 e. The highest BCUT2D eigenvalue weighted by atomic mass is 13.9. The van der Waals surface area contributed by atoms with E-state index in [1.165, 1.54) is 5.56 Å². The molecule has 2 aromatic carbocycles. The fourth-order valence-electron chi connectivity index (χ4n) is 1.89. The summed E-state index contributed by atoms with van der Waals surface area (Å²) >= 11 is 0. The van der Waals surface area contributed by atoms with E-state index in [-0.39, 0.29) is 0 Å². The molecule has 0 aromatic heterocycles. The lowest BCUT2D eigenvalue weighted by atomic mass is 10.1. The smallest absolute Gasteiger partial charge is 0.0248 e. The third-order valence-electron chi connectivity index (χ3n) is 2.95. The zero-order valence-electron chi connectivity index (χ0n) is 12.0. The van der Waals surface area contributed by atoms with Gasteiger partial charge < -0.3 is 0 Å². The van der Waals surface area contributed by atoms with Gasteiger partial charge in [0, 0.05) is 12.0 Å². The Bertz CT molecular complexity index is 671. The summed E-state index contributed by atoms with van der Waals surface area (Å²) in [7, 11) is 0. The number of hydrogen-bond acceptors (Lipinski definition) is 0. The molecular weight excluding hydrogens is 252 g/mol. The highest BCUT2D eigenvalue weighted by Gasteiger charge is 1.89. The summed E-state index contributed by atoms with van der Waals surface area (Å²) in [6.45, 7) is 0. The van der Waals surface area contributed by atoms with E-state index < -0.39 is 0 Å². The summed E-state index contributed by atoms with van der Waals surface area (Å²) in [5, 5.41) is 0. The second-order valence-corrected chi connectivity index (χ2v) is 4.63. The summed E-state index contributed by atoms with van der Waals surface area (Å²) in [6, 6.07) is 20.5. The second kappa shape index (κ2) is 9.24. The highest BCUT2D eigenvalue weighted by molar-refractivity contribution is 5.37. The lowest BCUT2D eigenvalue weighted by Gasteiger charge is -1.96. The predicted octanol–water partition coefficient (Wildman–Crippen LogP) is 4.62. The molecule has 2 aromatic rings. The third kappa shape index (κ3) is 6.33. The van der Waals surface area contributed by atoms with Crippen LogP contribution in [0.1, 0.15) is 24.0 Å². The van der Waals surface area contributed by atoms with Crippen molar-refractivity contribution in [2.45, 2.75) is 19.3 Å². The van der Waals surface area contributed by atoms with E-state index in [0.717, 1.165) is 24.8 Å². The first-order valence-corrected chi connectivity index (χ1v) is 7.19. The zero-order valence-corrected chi connectivity index (χ0v) is 12.0. The highest BCUT2D eigenvalue weighted by Crippen LogP contribution is 2.03. The molecular formula is C21H18. The van der Waals surface area contributed by atoms with Crippen LogP contribution in [0.25, 0.3) is 0 Å². The molecule has 0 unspecified atom stereocenters. The Hall–Kier alpha value is -2.70. The van der Waals surface area contributed by atoms with Gasteiger partial charge in [-0.2, -0.15) is 0 Å². The summed E-state index contributed by atoms with van der Waals surface area (Å²) in [5.41, 5.74) is 2.40. The fourth-order valence-corrected chi connectivity index (χ4v) is 1.89. The van der Waals surface area contributed by atoms with Crippen molar-refractivity contribution in [1.29, 1.82) is 0 Å². The molecule has 0 spiro atoms. The van der Waals surface area contributed by atoms with Crippen molar-refractivity contribution in [2.75, 3.05) is 0 Å². The minimum Gasteiger partial charge on any atom is -0.0985 e. The van der Waals surface area contributed by atoms with Crippen LogP contribution in [0, 0.1) is 23.7 Å². The zero-order chi connectivity index (χ0) is 14.6. The number of rotatable bonds is 3. The van der Waals surface area contributed by atoms with Crippen LogP contribution in [0.4, 0.5) is 0 Å². The van der Waals surface area contributed by atoms with Gasteiger partial charge in [-0.05, 0) is 42.7 Å². The number of hydrogen-bond donors (Lipinski definition) is 0. The molecule has 21 heavy (non-hydrogen) atoms. The van der Waals surface area contributed by atoms with Crippen LogP contribution in [-0.2, 0) is 6.42 Å². The molecule has 0 fully saturated rings. The third-order valence-corrected chi connectivity index (χ3v) is 2.95. The summed E-state index contributed by atoms with van der Waals surface area (Å²) in [5.74, 6) is 12.2. The Morgan fingerprint density at radius 2 is 1.43 bits per heavy atom. The first kappa shape index (κ1) is 14.7. The van der Waals surface area contributed by atoms with Gasteiger partial charge in [-0.15, -0.1) is 0 Å². The van der Waals surface area contributed by atoms with Crippen LogP contribution < -0.4 is 0 Å². The second-order valence-electron chi connectivity index (χ2n) is 4.63. The molecule has 0 saturated heterocycles. The first-order chi connectivity index (χ1) is 10.4. The average Bonchev–Trinajstić information content (AvgIpc) is 2.55. The van der Waals surface area contributed by atoms with Crippen LogP contribution in [-0.4, -0.2) is 0 Å². The molecule has 0 heterocycles. The van der Waals surface area contributed by atoms with Crippen LogP contribution in [0.15, 0.2) is 72.8 Å². The molecule has 0 bridgehead atoms. The van der Waals surface area contributed by atoms with E-state index in [1.807, 2.05) is 42.5 Å². The Balaban J connectivity index is 1.67. The quantitative estimate of drug-likeness (QED) is 0.564. The summed E-state index contributed by atoms with van der Waals surface area (Å²) < 4.78 is 0. The Morgan fingerprint density at radius 3 is 2.19 bits per heavy atom. The molecule has 0 aliphatic rings. The number of aryl methyl sites for hydroxylation is 1. The average molecular weight is 270 g/mol. The van der Waals surface area contributed by atoms with Gasteiger partial charge in [-0.1, -0.05) is 72.2 Å². The maximum absolute atomic E-state index is 3.15. The SMILES string of the molecule is C(#CCCCc1ccccc1)/C=C\C#Cc1ccccc1. The standard InChI is InChI=1S/C21H18/c1(2-4-8-14-20-16-10-6-11-17-20)3-5-9-15-21-18-12-7-13-19-21/h2,4,6-7,10-13,16-19H,5,9,15H2/b4-2-. The van der Waals surface area contributed by atoms with Gasteiger partial charge in [-0.3, -0.25) is 0 Å². The van der Waals surface area contributed by atoms with Gasteiger partial charge in [0.2, 0.25) is 0 Å². The van der Waals surface area contributed by atoms with Crippen molar-refractivity contribution in [1.82, 2.24) is 0 Å². The van der Waals surface area contributed by atoms with Crippen molar-refractivity contribution in [3.8, 4) is 23.7 Å². The van der Waals surface area contributed by atoms with Gasteiger partial charge >= 0.3 is 0 Å². The van der Waals surface area contributed by atoms with Crippen molar-refractivity contribution >= 4 is 0 Å². The number of benzene rings is 2. The van der Waals surface area contributed by atoms with Crippen LogP contribution >= 0.6 is 0 Å². The maximum atomic E-state index is 3.15. The van der Waals surface area contributed by atoms with E-state index in [1.54, 1.807) is 6.08 Å². The Morgan fingerprint density at radius 1 is 0.762 bits per heavy atom. The fraction of sp³-hybridized carbons (Fsp3) is 0.143. The topological polar surface area (TPSA) is 0 Å². The van der Waals surface area contributed by atoms with Crippen LogP contribution in [0.5, 0.6) is 0 Å². The molecule has 0 heteroatoms. The van der Waals surface area contributed by atoms with Crippen molar-refractivity contribution in [2.24, 2.45) is 0 Å². The number of allylic oxidation sites excluding steroid dienone is 2. The summed E-state index contributed by atoms with van der Waals surface area (Å²) in [6.07, 6.45) is 6.73. The van der Waals surface area contributed by atoms with E-state index >= 15 is 0 Å². The molecule has 0 N–H and O–H groups in total. The predicted molar refractivity (Wildman–Crippen MR) is 89.6 cm³/mol. The van der Waals surface area contributed by atoms with Crippen molar-refractivity contribution in [3.05, 3.63) is 83.9 Å². The van der Waals surface area contributed by atoms with E-state index in [0.29, 0.717) is 0 Å². The Labute approximate surface area is 127 Å². The molecule has 0 saturated carbocycles. The van der Waals surface area contributed by atoms with E-state index in [4.69, 9.17) is 0 Å². The molecule has 0 aliphatic carbocycles. The number of unbranched alkanes of at least 4 members (excludes halogenated alkanes) is 1. The molecule has 0 aliphatic heterocycles. The van der Waals surface area contributed by atoms with E-state index in [9.17, 15) is 0 Å².